The minimum atomic E-state index is -0.113. The highest BCUT2D eigenvalue weighted by Gasteiger charge is 2.14. The summed E-state index contributed by atoms with van der Waals surface area (Å²) in [7, 11) is 0. The molecule has 0 saturated carbocycles. The van der Waals surface area contributed by atoms with Crippen LogP contribution < -0.4 is 0 Å². The topological polar surface area (TPSA) is 50.9 Å². The highest BCUT2D eigenvalue weighted by molar-refractivity contribution is 6.30. The second-order valence-electron chi connectivity index (χ2n) is 5.19. The van der Waals surface area contributed by atoms with E-state index in [4.69, 9.17) is 11.6 Å². The predicted molar refractivity (Wildman–Crippen MR) is 85.1 cm³/mol. The van der Waals surface area contributed by atoms with Gasteiger partial charge in [-0.2, -0.15) is 0 Å². The average Bonchev–Trinajstić information content (AvgIpc) is 2.90. The van der Waals surface area contributed by atoms with Crippen molar-refractivity contribution in [3.05, 3.63) is 35.0 Å². The van der Waals surface area contributed by atoms with E-state index >= 15 is 0 Å². The van der Waals surface area contributed by atoms with Crippen LogP contribution in [0.4, 0.5) is 0 Å². The smallest absolute Gasteiger partial charge is 0.116 e. The zero-order valence-corrected chi connectivity index (χ0v) is 13.2. The van der Waals surface area contributed by atoms with Gasteiger partial charge in [-0.3, -0.25) is 0 Å². The van der Waals surface area contributed by atoms with Crippen molar-refractivity contribution in [1.29, 1.82) is 0 Å². The summed E-state index contributed by atoms with van der Waals surface area (Å²) in [6.07, 6.45) is 6.04. The quantitative estimate of drug-likeness (QED) is 0.748. The van der Waals surface area contributed by atoms with Crippen molar-refractivity contribution in [3.8, 4) is 11.3 Å². The molecule has 0 spiro atoms. The van der Waals surface area contributed by atoms with Crippen molar-refractivity contribution in [3.63, 3.8) is 0 Å². The maximum atomic E-state index is 9.46. The van der Waals surface area contributed by atoms with Gasteiger partial charge in [-0.25, -0.2) is 4.68 Å². The number of rotatable bonds is 8. The third kappa shape index (κ3) is 4.29. The van der Waals surface area contributed by atoms with E-state index in [0.717, 1.165) is 24.2 Å². The van der Waals surface area contributed by atoms with Crippen molar-refractivity contribution < 1.29 is 5.11 Å². The number of halogens is 1. The summed E-state index contributed by atoms with van der Waals surface area (Å²) in [4.78, 5) is 0. The molecule has 21 heavy (non-hydrogen) atoms. The van der Waals surface area contributed by atoms with Gasteiger partial charge in [0.05, 0.1) is 12.3 Å². The molecule has 0 aliphatic rings. The molecule has 0 aliphatic heterocycles. The Morgan fingerprint density at radius 2 is 2.00 bits per heavy atom. The molecular weight excluding hydrogens is 286 g/mol. The Morgan fingerprint density at radius 3 is 2.71 bits per heavy atom. The Bertz CT molecular complexity index is 568. The van der Waals surface area contributed by atoms with E-state index in [0.29, 0.717) is 10.7 Å². The number of benzene rings is 1. The summed E-state index contributed by atoms with van der Waals surface area (Å²) in [6, 6.07) is 7.59. The molecule has 0 saturated heterocycles. The maximum absolute atomic E-state index is 9.46. The number of nitrogens with zero attached hydrogens (tertiary/aromatic N) is 3. The first kappa shape index (κ1) is 16.0. The molecule has 1 aromatic carbocycles. The number of hydrogen-bond donors (Lipinski definition) is 1. The van der Waals surface area contributed by atoms with E-state index in [9.17, 15) is 5.11 Å². The summed E-state index contributed by atoms with van der Waals surface area (Å²) in [5.41, 5.74) is 2.42. The molecule has 1 aromatic heterocycles. The van der Waals surface area contributed by atoms with Crippen LogP contribution in [0.5, 0.6) is 0 Å². The standard InChI is InChI=1S/C16H22ClN3O/c1-2-3-4-5-6-10-20-16(15(12-21)18-19-20)13-8-7-9-14(17)11-13/h7-9,11,21H,2-6,10,12H2,1H3. The number of aliphatic hydroxyl groups excluding tert-OH is 1. The first-order chi connectivity index (χ1) is 10.3. The monoisotopic (exact) mass is 307 g/mol. The molecule has 0 aliphatic carbocycles. The molecule has 0 unspecified atom stereocenters. The second kappa shape index (κ2) is 8.15. The Balaban J connectivity index is 2.13. The highest BCUT2D eigenvalue weighted by Crippen LogP contribution is 2.25. The van der Waals surface area contributed by atoms with E-state index in [1.165, 1.54) is 25.7 Å². The molecule has 1 N–H and O–H groups in total. The van der Waals surface area contributed by atoms with E-state index in [1.54, 1.807) is 0 Å². The maximum Gasteiger partial charge on any atom is 0.116 e. The zero-order chi connectivity index (χ0) is 15.1. The van der Waals surface area contributed by atoms with Crippen molar-refractivity contribution in [2.75, 3.05) is 0 Å². The lowest BCUT2D eigenvalue weighted by molar-refractivity contribution is 0.277. The molecule has 4 nitrogen and oxygen atoms in total. The van der Waals surface area contributed by atoms with Crippen molar-refractivity contribution in [2.24, 2.45) is 0 Å². The molecule has 0 amide bonds. The molecule has 1 heterocycles. The first-order valence-corrected chi connectivity index (χ1v) is 7.93. The minimum Gasteiger partial charge on any atom is -0.390 e. The predicted octanol–water partition coefficient (Wildman–Crippen LogP) is 4.06. The fraction of sp³-hybridized carbons (Fsp3) is 0.500. The summed E-state index contributed by atoms with van der Waals surface area (Å²) < 4.78 is 1.88. The van der Waals surface area contributed by atoms with Crippen molar-refractivity contribution in [2.45, 2.75) is 52.2 Å². The van der Waals surface area contributed by atoms with Gasteiger partial charge in [0.2, 0.25) is 0 Å². The van der Waals surface area contributed by atoms with Gasteiger partial charge in [-0.1, -0.05) is 61.6 Å². The normalized spacial score (nSPS) is 11.0. The number of hydrogen-bond acceptors (Lipinski definition) is 3. The van der Waals surface area contributed by atoms with E-state index in [-0.39, 0.29) is 6.61 Å². The summed E-state index contributed by atoms with van der Waals surface area (Å²) in [6.45, 7) is 2.92. The Morgan fingerprint density at radius 1 is 1.19 bits per heavy atom. The lowest BCUT2D eigenvalue weighted by Gasteiger charge is -2.08. The Kier molecular flexibility index (Phi) is 6.21. The van der Waals surface area contributed by atoms with Gasteiger partial charge >= 0.3 is 0 Å². The van der Waals surface area contributed by atoms with Crippen LogP contribution in [0.25, 0.3) is 11.3 Å². The van der Waals surface area contributed by atoms with Gasteiger partial charge in [0, 0.05) is 17.1 Å². The third-order valence-electron chi connectivity index (χ3n) is 3.53. The van der Waals surface area contributed by atoms with E-state index in [1.807, 2.05) is 28.9 Å². The molecule has 5 heteroatoms. The van der Waals surface area contributed by atoms with Crippen LogP contribution in [-0.2, 0) is 13.2 Å². The molecule has 0 radical (unpaired) electrons. The third-order valence-corrected chi connectivity index (χ3v) is 3.76. The Hall–Kier alpha value is -1.39. The van der Waals surface area contributed by atoms with Gasteiger partial charge in [-0.05, 0) is 18.6 Å². The van der Waals surface area contributed by atoms with Crippen molar-refractivity contribution >= 4 is 11.6 Å². The van der Waals surface area contributed by atoms with Gasteiger partial charge in [0.1, 0.15) is 5.69 Å². The molecule has 114 valence electrons. The molecule has 2 aromatic rings. The summed E-state index contributed by atoms with van der Waals surface area (Å²) in [5.74, 6) is 0. The number of aliphatic hydroxyl groups is 1. The van der Waals surface area contributed by atoms with Crippen LogP contribution in [0, 0.1) is 0 Å². The molecule has 0 atom stereocenters. The lowest BCUT2D eigenvalue weighted by atomic mass is 10.1. The summed E-state index contributed by atoms with van der Waals surface area (Å²) >= 11 is 6.06. The molecule has 0 bridgehead atoms. The average molecular weight is 308 g/mol. The fourth-order valence-electron chi connectivity index (χ4n) is 2.43. The van der Waals surface area contributed by atoms with Gasteiger partial charge < -0.3 is 5.11 Å². The Labute approximate surface area is 130 Å². The molecule has 0 fully saturated rings. The van der Waals surface area contributed by atoms with Gasteiger partial charge in [-0.15, -0.1) is 5.10 Å². The highest BCUT2D eigenvalue weighted by atomic mass is 35.5. The SMILES string of the molecule is CCCCCCCn1nnc(CO)c1-c1cccc(Cl)c1. The number of aromatic nitrogens is 3. The van der Waals surface area contributed by atoms with Crippen LogP contribution >= 0.6 is 11.6 Å². The van der Waals surface area contributed by atoms with Crippen LogP contribution in [-0.4, -0.2) is 20.1 Å². The lowest BCUT2D eigenvalue weighted by Crippen LogP contribution is -2.03. The van der Waals surface area contributed by atoms with Crippen LogP contribution in [0.3, 0.4) is 0 Å². The van der Waals surface area contributed by atoms with Gasteiger partial charge in [0.25, 0.3) is 0 Å². The van der Waals surface area contributed by atoms with E-state index < -0.39 is 0 Å². The molecule has 2 rings (SSSR count). The zero-order valence-electron chi connectivity index (χ0n) is 12.4. The van der Waals surface area contributed by atoms with Crippen LogP contribution in [0.1, 0.15) is 44.7 Å². The van der Waals surface area contributed by atoms with E-state index in [2.05, 4.69) is 17.2 Å². The largest absolute Gasteiger partial charge is 0.390 e. The van der Waals surface area contributed by atoms with Crippen LogP contribution in [0.2, 0.25) is 5.02 Å². The summed E-state index contributed by atoms with van der Waals surface area (Å²) in [5, 5.41) is 18.4. The minimum absolute atomic E-state index is 0.113. The second-order valence-corrected chi connectivity index (χ2v) is 5.63. The fourth-order valence-corrected chi connectivity index (χ4v) is 2.62. The first-order valence-electron chi connectivity index (χ1n) is 7.55. The number of unbranched alkanes of at least 4 members (excludes halogenated alkanes) is 4. The van der Waals surface area contributed by atoms with Gasteiger partial charge in [0.15, 0.2) is 0 Å². The van der Waals surface area contributed by atoms with Crippen LogP contribution in [0.15, 0.2) is 24.3 Å². The van der Waals surface area contributed by atoms with Crippen molar-refractivity contribution in [1.82, 2.24) is 15.0 Å². The molecular formula is C16H22ClN3O. The number of aryl methyl sites for hydroxylation is 1.